The molecule has 0 aliphatic carbocycles. The number of hydrogen-bond acceptors (Lipinski definition) is 3. The first kappa shape index (κ1) is 17.3. The topological polar surface area (TPSA) is 49.4 Å². The van der Waals surface area contributed by atoms with Crippen molar-refractivity contribution in [2.45, 2.75) is 44.9 Å². The maximum Gasteiger partial charge on any atom is 0.240 e. The first-order valence-corrected chi connectivity index (χ1v) is 9.75. The van der Waals surface area contributed by atoms with Crippen LogP contribution in [0, 0.1) is 11.8 Å². The van der Waals surface area contributed by atoms with Gasteiger partial charge in [0.05, 0.1) is 4.90 Å². The van der Waals surface area contributed by atoms with Crippen LogP contribution in [0.3, 0.4) is 0 Å². The molecule has 22 heavy (non-hydrogen) atoms. The van der Waals surface area contributed by atoms with Crippen LogP contribution >= 0.6 is 0 Å². The van der Waals surface area contributed by atoms with E-state index in [1.165, 1.54) is 6.42 Å². The highest BCUT2D eigenvalue weighted by Gasteiger charge is 2.22. The molecule has 5 heteroatoms. The summed E-state index contributed by atoms with van der Waals surface area (Å²) in [5.41, 5.74) is 1.12. The van der Waals surface area contributed by atoms with Gasteiger partial charge in [0.2, 0.25) is 10.0 Å². The quantitative estimate of drug-likeness (QED) is 0.817. The Kier molecular flexibility index (Phi) is 5.87. The Hall–Kier alpha value is -1.07. The molecule has 1 aliphatic rings. The molecule has 2 rings (SSSR count). The average Bonchev–Trinajstić information content (AvgIpc) is 2.46. The summed E-state index contributed by atoms with van der Waals surface area (Å²) >= 11 is 0. The number of piperidine rings is 1. The summed E-state index contributed by atoms with van der Waals surface area (Å²) in [6.45, 7) is 9.19. The molecule has 2 unspecified atom stereocenters. The lowest BCUT2D eigenvalue weighted by Gasteiger charge is -2.36. The lowest BCUT2D eigenvalue weighted by molar-refractivity contribution is 0.357. The summed E-state index contributed by atoms with van der Waals surface area (Å²) in [6, 6.07) is 7.29. The SMILES string of the molecule is CCCCNS(=O)(=O)c1ccc(N2CC(C)CC(C)C2)cc1. The minimum absolute atomic E-state index is 0.352. The predicted octanol–water partition coefficient (Wildman–Crippen LogP) is 3.25. The molecule has 0 radical (unpaired) electrons. The second kappa shape index (κ2) is 7.47. The minimum atomic E-state index is -3.37. The lowest BCUT2D eigenvalue weighted by atomic mass is 9.91. The largest absolute Gasteiger partial charge is 0.371 e. The highest BCUT2D eigenvalue weighted by molar-refractivity contribution is 7.89. The Bertz CT molecular complexity index is 559. The van der Waals surface area contributed by atoms with E-state index in [2.05, 4.69) is 23.5 Å². The number of sulfonamides is 1. The van der Waals surface area contributed by atoms with E-state index in [0.717, 1.165) is 31.6 Å². The predicted molar refractivity (Wildman–Crippen MR) is 91.7 cm³/mol. The lowest BCUT2D eigenvalue weighted by Crippen LogP contribution is -2.38. The smallest absolute Gasteiger partial charge is 0.240 e. The Morgan fingerprint density at radius 3 is 2.27 bits per heavy atom. The fourth-order valence-electron chi connectivity index (χ4n) is 3.18. The van der Waals surface area contributed by atoms with Crippen molar-refractivity contribution >= 4 is 15.7 Å². The molecule has 0 aromatic heterocycles. The maximum absolute atomic E-state index is 12.2. The highest BCUT2D eigenvalue weighted by Crippen LogP contribution is 2.27. The van der Waals surface area contributed by atoms with Gasteiger partial charge in [-0.3, -0.25) is 0 Å². The third kappa shape index (κ3) is 4.46. The summed E-state index contributed by atoms with van der Waals surface area (Å²) in [5.74, 6) is 1.37. The van der Waals surface area contributed by atoms with Crippen molar-refractivity contribution in [2.75, 3.05) is 24.5 Å². The van der Waals surface area contributed by atoms with Gasteiger partial charge in [-0.05, 0) is 48.9 Å². The number of benzene rings is 1. The Balaban J connectivity index is 2.06. The van der Waals surface area contributed by atoms with E-state index in [9.17, 15) is 8.42 Å². The molecule has 2 atom stereocenters. The van der Waals surface area contributed by atoms with Gasteiger partial charge in [-0.25, -0.2) is 13.1 Å². The number of anilines is 1. The standard InChI is InChI=1S/C17H28N2O2S/c1-4-5-10-18-22(20,21)17-8-6-16(7-9-17)19-12-14(2)11-15(3)13-19/h6-9,14-15,18H,4-5,10-13H2,1-3H3. The molecule has 124 valence electrons. The van der Waals surface area contributed by atoms with Crippen LogP contribution in [0.2, 0.25) is 0 Å². The van der Waals surface area contributed by atoms with E-state index < -0.39 is 10.0 Å². The van der Waals surface area contributed by atoms with Crippen LogP contribution in [0.25, 0.3) is 0 Å². The summed E-state index contributed by atoms with van der Waals surface area (Å²) in [4.78, 5) is 2.71. The highest BCUT2D eigenvalue weighted by atomic mass is 32.2. The van der Waals surface area contributed by atoms with Crippen LogP contribution in [0.15, 0.2) is 29.2 Å². The summed E-state index contributed by atoms with van der Waals surface area (Å²) < 4.78 is 27.0. The number of nitrogens with zero attached hydrogens (tertiary/aromatic N) is 1. The van der Waals surface area contributed by atoms with Crippen molar-refractivity contribution in [2.24, 2.45) is 11.8 Å². The second-order valence-electron chi connectivity index (χ2n) is 6.60. The van der Waals surface area contributed by atoms with E-state index in [4.69, 9.17) is 0 Å². The van der Waals surface area contributed by atoms with E-state index >= 15 is 0 Å². The normalized spacial score (nSPS) is 22.8. The molecular formula is C17H28N2O2S. The molecular weight excluding hydrogens is 296 g/mol. The second-order valence-corrected chi connectivity index (χ2v) is 8.36. The molecule has 4 nitrogen and oxygen atoms in total. The van der Waals surface area contributed by atoms with Gasteiger partial charge in [-0.15, -0.1) is 0 Å². The van der Waals surface area contributed by atoms with Crippen molar-refractivity contribution in [3.05, 3.63) is 24.3 Å². The first-order chi connectivity index (χ1) is 10.4. The van der Waals surface area contributed by atoms with Gasteiger partial charge >= 0.3 is 0 Å². The third-order valence-electron chi connectivity index (χ3n) is 4.20. The van der Waals surface area contributed by atoms with Crippen molar-refractivity contribution in [3.63, 3.8) is 0 Å². The van der Waals surface area contributed by atoms with E-state index in [-0.39, 0.29) is 0 Å². The molecule has 1 aromatic rings. The summed E-state index contributed by atoms with van der Waals surface area (Å²) in [5, 5.41) is 0. The van der Waals surface area contributed by atoms with E-state index in [0.29, 0.717) is 23.3 Å². The zero-order chi connectivity index (χ0) is 16.2. The van der Waals surface area contributed by atoms with Gasteiger partial charge < -0.3 is 4.90 Å². The molecule has 0 saturated carbocycles. The third-order valence-corrected chi connectivity index (χ3v) is 5.68. The zero-order valence-electron chi connectivity index (χ0n) is 13.9. The monoisotopic (exact) mass is 324 g/mol. The van der Waals surface area contributed by atoms with Crippen LogP contribution in [0.5, 0.6) is 0 Å². The molecule has 1 saturated heterocycles. The fraction of sp³-hybridized carbons (Fsp3) is 0.647. The van der Waals surface area contributed by atoms with Crippen LogP contribution in [-0.2, 0) is 10.0 Å². The van der Waals surface area contributed by atoms with Gasteiger partial charge in [0, 0.05) is 25.3 Å². The molecule has 0 spiro atoms. The maximum atomic E-state index is 12.2. The van der Waals surface area contributed by atoms with E-state index in [1.807, 2.05) is 19.1 Å². The van der Waals surface area contributed by atoms with Crippen LogP contribution in [0.4, 0.5) is 5.69 Å². The van der Waals surface area contributed by atoms with E-state index in [1.54, 1.807) is 12.1 Å². The van der Waals surface area contributed by atoms with Gasteiger partial charge in [-0.1, -0.05) is 27.2 Å². The molecule has 1 fully saturated rings. The van der Waals surface area contributed by atoms with Crippen LogP contribution in [0.1, 0.15) is 40.0 Å². The van der Waals surface area contributed by atoms with Crippen LogP contribution in [-0.4, -0.2) is 28.1 Å². The first-order valence-electron chi connectivity index (χ1n) is 8.27. The zero-order valence-corrected chi connectivity index (χ0v) is 14.7. The molecule has 0 amide bonds. The number of unbranched alkanes of at least 4 members (excludes halogenated alkanes) is 1. The fourth-order valence-corrected chi connectivity index (χ4v) is 4.25. The minimum Gasteiger partial charge on any atom is -0.371 e. The molecule has 1 aliphatic heterocycles. The van der Waals surface area contributed by atoms with Crippen LogP contribution < -0.4 is 9.62 Å². The molecule has 0 bridgehead atoms. The summed E-state index contributed by atoms with van der Waals surface area (Å²) in [6.07, 6.45) is 3.11. The van der Waals surface area contributed by atoms with Crippen molar-refractivity contribution in [1.29, 1.82) is 0 Å². The Morgan fingerprint density at radius 2 is 1.73 bits per heavy atom. The van der Waals surface area contributed by atoms with Crippen molar-refractivity contribution < 1.29 is 8.42 Å². The molecule has 1 N–H and O–H groups in total. The Morgan fingerprint density at radius 1 is 1.14 bits per heavy atom. The van der Waals surface area contributed by atoms with Gasteiger partial charge in [-0.2, -0.15) is 0 Å². The average molecular weight is 324 g/mol. The van der Waals surface area contributed by atoms with Gasteiger partial charge in [0.1, 0.15) is 0 Å². The van der Waals surface area contributed by atoms with Gasteiger partial charge in [0.15, 0.2) is 0 Å². The number of nitrogens with one attached hydrogen (secondary N) is 1. The summed E-state index contributed by atoms with van der Waals surface area (Å²) in [7, 11) is -3.37. The van der Waals surface area contributed by atoms with Crippen molar-refractivity contribution in [1.82, 2.24) is 4.72 Å². The number of hydrogen-bond donors (Lipinski definition) is 1. The van der Waals surface area contributed by atoms with Gasteiger partial charge in [0.25, 0.3) is 0 Å². The number of rotatable bonds is 6. The molecule has 1 aromatic carbocycles. The van der Waals surface area contributed by atoms with Crippen molar-refractivity contribution in [3.8, 4) is 0 Å². The Labute approximate surface area is 135 Å². The molecule has 1 heterocycles.